The SMILES string of the molecule is CCCCCCCCCCCCCCCCCCCC(=O)NCCSc1cn([C@H]2C[C@H](O)[C@@H](CO)O2)c(=O)[nH]c1=O. The van der Waals surface area contributed by atoms with Crippen molar-refractivity contribution in [2.75, 3.05) is 18.9 Å². The molecule has 0 spiro atoms. The van der Waals surface area contributed by atoms with E-state index in [1.807, 2.05) is 0 Å². The molecule has 1 aromatic heterocycles. The van der Waals surface area contributed by atoms with Gasteiger partial charge in [-0.3, -0.25) is 19.1 Å². The number of aliphatic hydroxyl groups is 2. The summed E-state index contributed by atoms with van der Waals surface area (Å²) in [7, 11) is 0. The Morgan fingerprint density at radius 2 is 1.49 bits per heavy atom. The van der Waals surface area contributed by atoms with Crippen LogP contribution in [0.5, 0.6) is 0 Å². The molecule has 0 saturated carbocycles. The van der Waals surface area contributed by atoms with E-state index in [1.165, 1.54) is 119 Å². The van der Waals surface area contributed by atoms with Crippen molar-refractivity contribution in [1.29, 1.82) is 0 Å². The van der Waals surface area contributed by atoms with Crippen molar-refractivity contribution in [3.63, 3.8) is 0 Å². The summed E-state index contributed by atoms with van der Waals surface area (Å²) in [6.07, 6.45) is 22.0. The summed E-state index contributed by atoms with van der Waals surface area (Å²) < 4.78 is 6.76. The lowest BCUT2D eigenvalue weighted by atomic mass is 10.0. The molecule has 0 unspecified atom stereocenters. The lowest BCUT2D eigenvalue weighted by Crippen LogP contribution is -2.33. The number of nitrogens with one attached hydrogen (secondary N) is 2. The Labute approximate surface area is 250 Å². The van der Waals surface area contributed by atoms with Crippen molar-refractivity contribution >= 4 is 17.7 Å². The number of amides is 1. The van der Waals surface area contributed by atoms with Gasteiger partial charge in [0.25, 0.3) is 5.56 Å². The van der Waals surface area contributed by atoms with Crippen LogP contribution in [-0.4, -0.2) is 56.8 Å². The Morgan fingerprint density at radius 3 is 2.00 bits per heavy atom. The van der Waals surface area contributed by atoms with Crippen molar-refractivity contribution in [3.8, 4) is 0 Å². The highest BCUT2D eigenvalue weighted by Gasteiger charge is 2.35. The van der Waals surface area contributed by atoms with Gasteiger partial charge in [-0.2, -0.15) is 0 Å². The molecule has 2 heterocycles. The van der Waals surface area contributed by atoms with E-state index in [4.69, 9.17) is 4.74 Å². The molecule has 9 nitrogen and oxygen atoms in total. The summed E-state index contributed by atoms with van der Waals surface area (Å²) in [6.45, 7) is 2.34. The quantitative estimate of drug-likeness (QED) is 0.0923. The summed E-state index contributed by atoms with van der Waals surface area (Å²) >= 11 is 1.24. The van der Waals surface area contributed by atoms with Crippen LogP contribution in [0.15, 0.2) is 20.7 Å². The first-order chi connectivity index (χ1) is 20.0. The van der Waals surface area contributed by atoms with E-state index in [9.17, 15) is 24.6 Å². The summed E-state index contributed by atoms with van der Waals surface area (Å²) in [5.41, 5.74) is -1.12. The van der Waals surface area contributed by atoms with Crippen molar-refractivity contribution in [2.24, 2.45) is 0 Å². The van der Waals surface area contributed by atoms with Crippen LogP contribution in [0.4, 0.5) is 0 Å². The highest BCUT2D eigenvalue weighted by atomic mass is 32.2. The molecule has 1 saturated heterocycles. The molecule has 41 heavy (non-hydrogen) atoms. The third kappa shape index (κ3) is 14.9. The molecule has 1 fully saturated rings. The van der Waals surface area contributed by atoms with E-state index in [-0.39, 0.29) is 18.9 Å². The number of aliphatic hydroxyl groups excluding tert-OH is 2. The lowest BCUT2D eigenvalue weighted by Gasteiger charge is -2.15. The Hall–Kier alpha value is -1.62. The molecule has 1 aliphatic heterocycles. The highest BCUT2D eigenvalue weighted by molar-refractivity contribution is 7.99. The molecule has 0 aromatic carbocycles. The number of aromatic amines is 1. The largest absolute Gasteiger partial charge is 0.394 e. The minimum atomic E-state index is -0.880. The summed E-state index contributed by atoms with van der Waals surface area (Å²) in [4.78, 5) is 39.2. The molecule has 10 heteroatoms. The number of ether oxygens (including phenoxy) is 1. The molecule has 3 atom stereocenters. The van der Waals surface area contributed by atoms with Crippen LogP contribution in [0.1, 0.15) is 135 Å². The van der Waals surface area contributed by atoms with Gasteiger partial charge in [0.1, 0.15) is 12.3 Å². The molecular formula is C31H55N3O6S. The van der Waals surface area contributed by atoms with Gasteiger partial charge in [-0.15, -0.1) is 11.8 Å². The van der Waals surface area contributed by atoms with E-state index in [2.05, 4.69) is 17.2 Å². The van der Waals surface area contributed by atoms with E-state index in [1.54, 1.807) is 0 Å². The lowest BCUT2D eigenvalue weighted by molar-refractivity contribution is -0.121. The Kier molecular flexibility index (Phi) is 19.1. The molecule has 2 rings (SSSR count). The third-order valence-electron chi connectivity index (χ3n) is 7.82. The number of rotatable bonds is 24. The fourth-order valence-electron chi connectivity index (χ4n) is 5.28. The van der Waals surface area contributed by atoms with Gasteiger partial charge in [-0.25, -0.2) is 4.79 Å². The topological polar surface area (TPSA) is 134 Å². The second-order valence-corrected chi connectivity index (χ2v) is 12.5. The predicted octanol–water partition coefficient (Wildman–Crippen LogP) is 5.43. The van der Waals surface area contributed by atoms with Crippen LogP contribution >= 0.6 is 11.8 Å². The van der Waals surface area contributed by atoms with Gasteiger partial charge < -0.3 is 20.3 Å². The first-order valence-corrected chi connectivity index (χ1v) is 17.1. The first-order valence-electron chi connectivity index (χ1n) is 16.2. The van der Waals surface area contributed by atoms with E-state index in [0.29, 0.717) is 23.6 Å². The minimum absolute atomic E-state index is 0.0221. The fraction of sp³-hybridized carbons (Fsp3) is 0.839. The van der Waals surface area contributed by atoms with Gasteiger partial charge in [0.15, 0.2) is 0 Å². The molecule has 0 bridgehead atoms. The summed E-state index contributed by atoms with van der Waals surface area (Å²) in [5.74, 6) is 0.508. The van der Waals surface area contributed by atoms with Crippen molar-refractivity contribution < 1.29 is 19.7 Å². The first kappa shape index (κ1) is 35.6. The number of aromatic nitrogens is 2. The van der Waals surface area contributed by atoms with Crippen LogP contribution < -0.4 is 16.6 Å². The van der Waals surface area contributed by atoms with Crippen LogP contribution in [0.25, 0.3) is 0 Å². The fourth-order valence-corrected chi connectivity index (χ4v) is 6.08. The monoisotopic (exact) mass is 597 g/mol. The van der Waals surface area contributed by atoms with Crippen LogP contribution in [0, 0.1) is 0 Å². The number of hydrogen-bond acceptors (Lipinski definition) is 7. The minimum Gasteiger partial charge on any atom is -0.394 e. The Morgan fingerprint density at radius 1 is 0.951 bits per heavy atom. The zero-order valence-corrected chi connectivity index (χ0v) is 26.1. The number of H-pyrrole nitrogens is 1. The van der Waals surface area contributed by atoms with E-state index in [0.717, 1.165) is 12.8 Å². The standard InChI is InChI=1S/C31H55N3O6S/c1-2-3-4-5-6-7-8-9-10-11-12-13-14-15-16-17-18-19-28(37)32-20-21-41-27-23-34(31(39)33-30(27)38)29-22-25(36)26(24-35)40-29/h23,25-26,29,35-36H,2-22,24H2,1H3,(H,32,37)(H,33,38,39)/t25-,26+,29+/m0/s1. The van der Waals surface area contributed by atoms with Crippen molar-refractivity contribution in [3.05, 3.63) is 27.0 Å². The molecule has 1 amide bonds. The highest BCUT2D eigenvalue weighted by Crippen LogP contribution is 2.28. The Bertz CT molecular complexity index is 953. The molecule has 4 N–H and O–H groups in total. The molecular weight excluding hydrogens is 542 g/mol. The van der Waals surface area contributed by atoms with Crippen LogP contribution in [0.2, 0.25) is 0 Å². The molecule has 0 aliphatic carbocycles. The summed E-state index contributed by atoms with van der Waals surface area (Å²) in [6, 6.07) is 0. The second kappa shape index (κ2) is 22.0. The van der Waals surface area contributed by atoms with Gasteiger partial charge in [-0.05, 0) is 6.42 Å². The average Bonchev–Trinajstić information content (AvgIpc) is 3.33. The zero-order valence-electron chi connectivity index (χ0n) is 25.2. The van der Waals surface area contributed by atoms with Gasteiger partial charge in [-0.1, -0.05) is 110 Å². The van der Waals surface area contributed by atoms with Crippen LogP contribution in [0.3, 0.4) is 0 Å². The molecule has 236 valence electrons. The predicted molar refractivity (Wildman–Crippen MR) is 165 cm³/mol. The molecule has 0 radical (unpaired) electrons. The smallest absolute Gasteiger partial charge is 0.330 e. The van der Waals surface area contributed by atoms with E-state index >= 15 is 0 Å². The average molecular weight is 598 g/mol. The maximum atomic E-state index is 12.2. The van der Waals surface area contributed by atoms with Gasteiger partial charge in [0.05, 0.1) is 17.6 Å². The molecule has 1 aliphatic rings. The number of nitrogens with zero attached hydrogens (tertiary/aromatic N) is 1. The Balaban J connectivity index is 1.44. The van der Waals surface area contributed by atoms with Crippen molar-refractivity contribution in [2.45, 2.75) is 152 Å². The second-order valence-electron chi connectivity index (χ2n) is 11.4. The summed E-state index contributed by atoms with van der Waals surface area (Å²) in [5, 5.41) is 22.1. The number of unbranched alkanes of at least 4 members (excludes halogenated alkanes) is 16. The normalized spacial score (nSPS) is 18.7. The number of hydrogen-bond donors (Lipinski definition) is 4. The third-order valence-corrected chi connectivity index (χ3v) is 8.83. The van der Waals surface area contributed by atoms with Gasteiger partial charge >= 0.3 is 5.69 Å². The van der Waals surface area contributed by atoms with E-state index < -0.39 is 29.7 Å². The van der Waals surface area contributed by atoms with Crippen LogP contribution in [-0.2, 0) is 9.53 Å². The number of carbonyl (C=O) groups excluding carboxylic acids is 1. The maximum absolute atomic E-state index is 12.2. The number of carbonyl (C=O) groups is 1. The van der Waals surface area contributed by atoms with Crippen molar-refractivity contribution in [1.82, 2.24) is 14.9 Å². The van der Waals surface area contributed by atoms with Gasteiger partial charge in [0, 0.05) is 31.3 Å². The number of thioether (sulfide) groups is 1. The molecule has 1 aromatic rings. The zero-order chi connectivity index (χ0) is 29.7. The maximum Gasteiger partial charge on any atom is 0.330 e. The van der Waals surface area contributed by atoms with Gasteiger partial charge in [0.2, 0.25) is 5.91 Å².